The molecule has 1 saturated heterocycles. The molecule has 184 valence electrons. The second kappa shape index (κ2) is 11.9. The zero-order valence-electron chi connectivity index (χ0n) is 20.4. The number of rotatable bonds is 4. The molecule has 9 heteroatoms. The number of hydrogen-bond donors (Lipinski definition) is 2. The first-order valence-electron chi connectivity index (χ1n) is 11.4. The highest BCUT2D eigenvalue weighted by Gasteiger charge is 2.29. The molecule has 1 aromatic carbocycles. The molecular weight excluding hydrogens is 533 g/mol. The van der Waals surface area contributed by atoms with Gasteiger partial charge in [0.25, 0.3) is 0 Å². The zero-order valence-corrected chi connectivity index (χ0v) is 22.7. The van der Waals surface area contributed by atoms with Crippen molar-refractivity contribution in [1.29, 1.82) is 0 Å². The van der Waals surface area contributed by atoms with E-state index in [0.29, 0.717) is 6.54 Å². The largest absolute Gasteiger partial charge is 0.444 e. The Hall–Kier alpha value is -2.04. The van der Waals surface area contributed by atoms with Crippen molar-refractivity contribution in [1.82, 2.24) is 20.4 Å². The number of halogens is 1. The molecule has 0 bridgehead atoms. The minimum atomic E-state index is -0.527. The number of guanidine groups is 1. The molecule has 1 aliphatic heterocycles. The van der Waals surface area contributed by atoms with Crippen molar-refractivity contribution in [3.05, 3.63) is 35.4 Å². The number of amides is 2. The van der Waals surface area contributed by atoms with Crippen molar-refractivity contribution in [3.8, 4) is 0 Å². The molecule has 2 amide bonds. The van der Waals surface area contributed by atoms with Crippen LogP contribution in [0, 0.1) is 0 Å². The van der Waals surface area contributed by atoms with Crippen molar-refractivity contribution in [2.24, 2.45) is 4.99 Å². The number of nitrogens with one attached hydrogen (secondary N) is 2. The van der Waals surface area contributed by atoms with E-state index in [9.17, 15) is 9.59 Å². The topological polar surface area (TPSA) is 86.3 Å². The number of likely N-dealkylation sites (tertiary alicyclic amines) is 1. The third kappa shape index (κ3) is 8.35. The number of benzene rings is 1. The third-order valence-electron chi connectivity index (χ3n) is 5.75. The van der Waals surface area contributed by atoms with Gasteiger partial charge in [0.15, 0.2) is 5.96 Å². The molecule has 1 aliphatic carbocycles. The Morgan fingerprint density at radius 2 is 1.82 bits per heavy atom. The van der Waals surface area contributed by atoms with Crippen LogP contribution in [0.4, 0.5) is 4.79 Å². The van der Waals surface area contributed by atoms with Crippen molar-refractivity contribution in [3.63, 3.8) is 0 Å². The van der Waals surface area contributed by atoms with E-state index >= 15 is 0 Å². The van der Waals surface area contributed by atoms with E-state index in [1.54, 1.807) is 19.0 Å². The van der Waals surface area contributed by atoms with Crippen LogP contribution in [0.5, 0.6) is 0 Å². The number of carbonyl (C=O) groups excluding carboxylic acids is 2. The van der Waals surface area contributed by atoms with E-state index in [2.05, 4.69) is 44.8 Å². The van der Waals surface area contributed by atoms with E-state index in [4.69, 9.17) is 4.74 Å². The summed E-state index contributed by atoms with van der Waals surface area (Å²) in [5.41, 5.74) is 2.25. The van der Waals surface area contributed by atoms with Gasteiger partial charge in [-0.25, -0.2) is 9.79 Å². The Bertz CT molecular complexity index is 853. The Balaban J connectivity index is 0.00000385. The van der Waals surface area contributed by atoms with Crippen LogP contribution in [0.25, 0.3) is 0 Å². The fourth-order valence-electron chi connectivity index (χ4n) is 4.07. The fourth-order valence-corrected chi connectivity index (χ4v) is 4.07. The van der Waals surface area contributed by atoms with Gasteiger partial charge in [-0.3, -0.25) is 4.79 Å². The smallest absolute Gasteiger partial charge is 0.407 e. The number of aryl methyl sites for hydroxylation is 1. The standard InChI is InChI=1S/C24H37N5O3.HI/c1-24(2,3)32-23(31)27-20-12-13-29(16-20)22(25-15-21(30)28(4)5)26-19-11-10-17-8-6-7-9-18(17)14-19;/h6-9,19-20H,10-16H2,1-5H3,(H,25,26)(H,27,31);1H. The van der Waals surface area contributed by atoms with E-state index in [1.807, 2.05) is 20.8 Å². The molecule has 0 radical (unpaired) electrons. The maximum atomic E-state index is 12.2. The fraction of sp³-hybridized carbons (Fsp3) is 0.625. The van der Waals surface area contributed by atoms with Crippen LogP contribution in [-0.4, -0.2) is 79.2 Å². The number of hydrogen-bond acceptors (Lipinski definition) is 4. The number of carbonyl (C=O) groups is 2. The van der Waals surface area contributed by atoms with Crippen molar-refractivity contribution in [2.45, 2.75) is 64.1 Å². The van der Waals surface area contributed by atoms with Crippen LogP contribution in [0.2, 0.25) is 0 Å². The molecule has 8 nitrogen and oxygen atoms in total. The van der Waals surface area contributed by atoms with Crippen LogP contribution in [0.1, 0.15) is 44.7 Å². The number of aliphatic imine (C=N–C) groups is 1. The lowest BCUT2D eigenvalue weighted by Gasteiger charge is -2.30. The second-order valence-electron chi connectivity index (χ2n) is 9.86. The summed E-state index contributed by atoms with van der Waals surface area (Å²) < 4.78 is 5.39. The summed E-state index contributed by atoms with van der Waals surface area (Å²) in [5.74, 6) is 0.694. The molecule has 1 aromatic rings. The molecule has 2 aliphatic rings. The maximum absolute atomic E-state index is 12.2. The SMILES string of the molecule is CN(C)C(=O)CN=C(NC1CCc2ccccc2C1)N1CCC(NC(=O)OC(C)(C)C)C1.I. The van der Waals surface area contributed by atoms with Gasteiger partial charge in [0.2, 0.25) is 5.91 Å². The van der Waals surface area contributed by atoms with Crippen LogP contribution >= 0.6 is 24.0 Å². The average molecular weight is 572 g/mol. The zero-order chi connectivity index (χ0) is 23.3. The lowest BCUT2D eigenvalue weighted by Crippen LogP contribution is -2.49. The van der Waals surface area contributed by atoms with Crippen LogP contribution in [0.3, 0.4) is 0 Å². The summed E-state index contributed by atoms with van der Waals surface area (Å²) >= 11 is 0. The molecule has 2 N–H and O–H groups in total. The van der Waals surface area contributed by atoms with Gasteiger partial charge in [0.1, 0.15) is 12.1 Å². The molecule has 0 saturated carbocycles. The van der Waals surface area contributed by atoms with Gasteiger partial charge in [-0.1, -0.05) is 24.3 Å². The molecule has 1 heterocycles. The minimum absolute atomic E-state index is 0. The normalized spacial score (nSPS) is 20.4. The van der Waals surface area contributed by atoms with Gasteiger partial charge in [0, 0.05) is 33.2 Å². The Kier molecular flexibility index (Phi) is 9.81. The molecule has 33 heavy (non-hydrogen) atoms. The van der Waals surface area contributed by atoms with Gasteiger partial charge < -0.3 is 25.2 Å². The predicted molar refractivity (Wildman–Crippen MR) is 141 cm³/mol. The van der Waals surface area contributed by atoms with Gasteiger partial charge in [-0.15, -0.1) is 24.0 Å². The number of alkyl carbamates (subject to hydrolysis) is 1. The van der Waals surface area contributed by atoms with Crippen molar-refractivity contribution in [2.75, 3.05) is 33.7 Å². The molecular formula is C24H38IN5O3. The molecule has 0 aromatic heterocycles. The summed E-state index contributed by atoms with van der Waals surface area (Å²) in [7, 11) is 3.47. The second-order valence-corrected chi connectivity index (χ2v) is 9.86. The predicted octanol–water partition coefficient (Wildman–Crippen LogP) is 2.79. The number of ether oxygens (including phenoxy) is 1. The summed E-state index contributed by atoms with van der Waals surface area (Å²) in [6.07, 6.45) is 3.38. The number of nitrogens with zero attached hydrogens (tertiary/aromatic N) is 3. The summed E-state index contributed by atoms with van der Waals surface area (Å²) in [5, 5.41) is 6.57. The Morgan fingerprint density at radius 3 is 2.48 bits per heavy atom. The van der Waals surface area contributed by atoms with Gasteiger partial charge in [-0.05, 0) is 57.6 Å². The quantitative estimate of drug-likeness (QED) is 0.330. The first-order chi connectivity index (χ1) is 15.1. The van der Waals surface area contributed by atoms with Crippen LogP contribution < -0.4 is 10.6 Å². The van der Waals surface area contributed by atoms with E-state index < -0.39 is 11.7 Å². The van der Waals surface area contributed by atoms with Gasteiger partial charge >= 0.3 is 6.09 Å². The lowest BCUT2D eigenvalue weighted by molar-refractivity contribution is -0.127. The summed E-state index contributed by atoms with van der Waals surface area (Å²) in [6.45, 7) is 7.04. The number of likely N-dealkylation sites (N-methyl/N-ethyl adjacent to an activating group) is 1. The van der Waals surface area contributed by atoms with Crippen LogP contribution in [0.15, 0.2) is 29.3 Å². The summed E-state index contributed by atoms with van der Waals surface area (Å²) in [4.78, 5) is 32.7. The Labute approximate surface area is 214 Å². The first-order valence-corrected chi connectivity index (χ1v) is 11.4. The highest BCUT2D eigenvalue weighted by Crippen LogP contribution is 2.21. The lowest BCUT2D eigenvalue weighted by atomic mass is 9.88. The Morgan fingerprint density at radius 1 is 1.12 bits per heavy atom. The monoisotopic (exact) mass is 571 g/mol. The van der Waals surface area contributed by atoms with Crippen molar-refractivity contribution < 1.29 is 14.3 Å². The highest BCUT2D eigenvalue weighted by atomic mass is 127. The van der Waals surface area contributed by atoms with Crippen LogP contribution in [-0.2, 0) is 22.4 Å². The van der Waals surface area contributed by atoms with E-state index in [-0.39, 0.29) is 48.5 Å². The molecule has 2 atom stereocenters. The molecule has 1 fully saturated rings. The minimum Gasteiger partial charge on any atom is -0.444 e. The molecule has 0 spiro atoms. The van der Waals surface area contributed by atoms with E-state index in [1.165, 1.54) is 11.1 Å². The van der Waals surface area contributed by atoms with E-state index in [0.717, 1.165) is 38.2 Å². The number of fused-ring (bicyclic) bond motifs is 1. The average Bonchev–Trinajstić information content (AvgIpc) is 3.17. The highest BCUT2D eigenvalue weighted by molar-refractivity contribution is 14.0. The molecule has 2 unspecified atom stereocenters. The van der Waals surface area contributed by atoms with Crippen molar-refractivity contribution >= 4 is 41.9 Å². The third-order valence-corrected chi connectivity index (χ3v) is 5.75. The first kappa shape index (κ1) is 27.2. The van der Waals surface area contributed by atoms with Gasteiger partial charge in [-0.2, -0.15) is 0 Å². The molecule has 3 rings (SSSR count). The van der Waals surface area contributed by atoms with Gasteiger partial charge in [0.05, 0.1) is 6.04 Å². The maximum Gasteiger partial charge on any atom is 0.407 e. The summed E-state index contributed by atoms with van der Waals surface area (Å²) in [6, 6.07) is 8.80.